The van der Waals surface area contributed by atoms with E-state index in [1.165, 1.54) is 19.4 Å². The Morgan fingerprint density at radius 3 is 2.64 bits per heavy atom. The minimum atomic E-state index is -1.61. The number of alkyl halides is 1. The van der Waals surface area contributed by atoms with Crippen LogP contribution in [0.4, 0.5) is 23.8 Å². The van der Waals surface area contributed by atoms with Gasteiger partial charge in [0.25, 0.3) is 0 Å². The molecule has 0 saturated carbocycles. The molecule has 4 aromatic rings. The van der Waals surface area contributed by atoms with Gasteiger partial charge in [0.15, 0.2) is 0 Å². The fourth-order valence-electron chi connectivity index (χ4n) is 8.91. The molecular formula is C41H42F3N6O5PSTl+. The van der Waals surface area contributed by atoms with E-state index in [0.717, 1.165) is 22.4 Å². The predicted octanol–water partition coefficient (Wildman–Crippen LogP) is 7.15. The van der Waals surface area contributed by atoms with Gasteiger partial charge < -0.3 is 4.74 Å². The molecule has 0 radical (unpaired) electrons. The number of benzene rings is 2. The van der Waals surface area contributed by atoms with E-state index in [-0.39, 0.29) is 72.9 Å². The Hall–Kier alpha value is -3.56. The Morgan fingerprint density at radius 2 is 1.91 bits per heavy atom. The fraction of sp³-hybridized carbons (Fsp3) is 0.463. The van der Waals surface area contributed by atoms with Crippen molar-refractivity contribution in [1.82, 2.24) is 24.8 Å². The number of amides is 1. The smallest absolute Gasteiger partial charge is 0.00896 e. The van der Waals surface area contributed by atoms with Gasteiger partial charge in [0.1, 0.15) is 11.8 Å². The topological polar surface area (TPSA) is 102 Å². The van der Waals surface area contributed by atoms with Crippen LogP contribution < -0.4 is 14.4 Å². The summed E-state index contributed by atoms with van der Waals surface area (Å²) in [5.41, 5.74) is -0.0643. The van der Waals surface area contributed by atoms with Crippen LogP contribution in [0.25, 0.3) is 32.9 Å². The third-order valence-corrected chi connectivity index (χ3v) is 17.4. The molecule has 8 rings (SSSR count). The zero-order chi connectivity index (χ0) is 40.9. The van der Waals surface area contributed by atoms with Crippen LogP contribution in [-0.2, 0) is 21.3 Å². The van der Waals surface area contributed by atoms with Gasteiger partial charge in [-0.25, -0.2) is 9.18 Å². The summed E-state index contributed by atoms with van der Waals surface area (Å²) in [6, 6.07) is 5.82. The van der Waals surface area contributed by atoms with E-state index >= 15 is 8.78 Å². The number of hydrogen-bond donors (Lipinski definition) is 0. The Labute approximate surface area is 351 Å². The molecule has 4 atom stereocenters. The number of rotatable bonds is 8. The minimum absolute atomic E-state index is 0.0617. The van der Waals surface area contributed by atoms with Crippen LogP contribution in [0, 0.1) is 21.0 Å². The second-order valence-corrected chi connectivity index (χ2v) is 29.0. The maximum absolute atomic E-state index is 17.5. The first-order valence-corrected chi connectivity index (χ1v) is 29.4. The molecule has 2 aromatic carbocycles. The van der Waals surface area contributed by atoms with Crippen molar-refractivity contribution >= 4 is 72.5 Å². The van der Waals surface area contributed by atoms with Crippen LogP contribution in [0.3, 0.4) is 0 Å². The monoisotopic (exact) mass is 1020 g/mol. The van der Waals surface area contributed by atoms with Gasteiger partial charge in [-0.3, -0.25) is 9.80 Å². The van der Waals surface area contributed by atoms with Crippen LogP contribution in [0.15, 0.2) is 42.6 Å². The van der Waals surface area contributed by atoms with E-state index in [2.05, 4.69) is 30.8 Å². The summed E-state index contributed by atoms with van der Waals surface area (Å²) < 4.78 is 75.0. The molecule has 2 bridgehead atoms. The summed E-state index contributed by atoms with van der Waals surface area (Å²) in [4.78, 5) is 33.5. The molecule has 2 aromatic heterocycles. The van der Waals surface area contributed by atoms with Gasteiger partial charge in [-0.1, -0.05) is 12.2 Å². The number of anilines is 1. The molecule has 300 valence electrons. The number of carbonyl (C=O) groups is 1. The number of piperazine rings is 1. The maximum Gasteiger partial charge on any atom is -0.00896 e. The first kappa shape index (κ1) is 41.2. The van der Waals surface area contributed by atoms with E-state index in [1.54, 1.807) is 18.2 Å². The Kier molecular flexibility index (Phi) is 11.7. The summed E-state index contributed by atoms with van der Waals surface area (Å²) in [6.45, 7) is 11.4. The van der Waals surface area contributed by atoms with Crippen molar-refractivity contribution in [3.8, 4) is 32.4 Å². The standard InChI is InChI=1S/C41H42F3N6O5.PS.Tl/c1-7-29-32(43)11-8-24-12-28(54-22-52-6)13-30(33(24)29)35-34(44)36-31(16-45-35)37(48-19-26-9-10-27(20-48)50(26)39(51)55-40(3,4)5)47-38(46-36)53-21-41-14-23(2)17-49(41)18-25(42)15-41;1-2;/h8,11-13,16,25-27H,2,9-10,14-15,17-22H2,3-6H3;;/q;-1;+2/t25-,26?,27?,41+;;/m0../s1. The zero-order valence-electron chi connectivity index (χ0n) is 32.7. The second-order valence-electron chi connectivity index (χ2n) is 16.4. The summed E-state index contributed by atoms with van der Waals surface area (Å²) in [5, 5.41) is 1.27. The van der Waals surface area contributed by atoms with Gasteiger partial charge in [0.2, 0.25) is 0 Å². The van der Waals surface area contributed by atoms with Crippen molar-refractivity contribution in [3.05, 3.63) is 59.8 Å². The average Bonchev–Trinajstić information content (AvgIpc) is 3.75. The molecule has 11 nitrogen and oxygen atoms in total. The molecule has 4 fully saturated rings. The molecule has 6 heterocycles. The van der Waals surface area contributed by atoms with Crippen molar-refractivity contribution in [2.24, 2.45) is 0 Å². The molecule has 4 saturated heterocycles. The number of aromatic nitrogens is 3. The van der Waals surface area contributed by atoms with Gasteiger partial charge in [-0.05, 0) is 40.0 Å². The van der Waals surface area contributed by atoms with Crippen molar-refractivity contribution in [2.75, 3.05) is 51.6 Å². The van der Waals surface area contributed by atoms with Crippen LogP contribution >= 0.6 is 4.00 Å². The fourth-order valence-corrected chi connectivity index (χ4v) is 12.3. The average molecular weight is 1020 g/mol. The molecule has 4 aliphatic rings. The number of ether oxygens (including phenoxy) is 4. The second kappa shape index (κ2) is 16.5. The van der Waals surface area contributed by atoms with Crippen molar-refractivity contribution in [2.45, 2.75) is 75.8 Å². The third kappa shape index (κ3) is 8.03. The van der Waals surface area contributed by atoms with E-state index in [9.17, 15) is 9.18 Å². The number of methoxy groups -OCH3 is 1. The molecule has 0 spiro atoms. The molecular weight excluding hydrogens is 981 g/mol. The van der Waals surface area contributed by atoms with Crippen LogP contribution in [0.2, 0.25) is 0 Å². The Morgan fingerprint density at radius 1 is 1.14 bits per heavy atom. The van der Waals surface area contributed by atoms with E-state index < -0.39 is 52.1 Å². The Bertz CT molecular complexity index is 2440. The molecule has 1 amide bonds. The van der Waals surface area contributed by atoms with Gasteiger partial charge in [0, 0.05) is 19.5 Å². The normalized spacial score (nSPS) is 22.8. The molecule has 58 heavy (non-hydrogen) atoms. The van der Waals surface area contributed by atoms with Crippen LogP contribution in [0.1, 0.15) is 52.0 Å². The molecule has 0 N–H and O–H groups in total. The number of fused-ring (bicyclic) bond motifs is 5. The van der Waals surface area contributed by atoms with Gasteiger partial charge >= 0.3 is 229 Å². The SMILES string of the molecule is C=C1CN2C[C@@H](F)C[C@@]2(COc2nc(N3CC4CCC(C3)N4C(=O)OC(C)(C)C)c3cnc(-c4cc(OCOC)cc5ccc(F)c(C#[C][Tl]=[P+]=S)c45)c(F)c3n2)C1. The van der Waals surface area contributed by atoms with E-state index in [0.29, 0.717) is 53.8 Å². The largest absolute Gasteiger partial charge is 0.00896 e. The number of nitrogens with zero attached hydrogens (tertiary/aromatic N) is 6. The summed E-state index contributed by atoms with van der Waals surface area (Å²) in [5.74, 6) is 2.43. The van der Waals surface area contributed by atoms with E-state index in [1.807, 2.05) is 30.6 Å². The molecule has 4 aliphatic heterocycles. The number of hydrogen-bond acceptors (Lipinski definition) is 11. The molecule has 17 heteroatoms. The number of pyridine rings is 1. The molecule has 2 unspecified atom stereocenters. The number of carbonyl (C=O) groups excluding carboxylic acids is 1. The number of halogens is 3. The maximum atomic E-state index is 17.5. The van der Waals surface area contributed by atoms with E-state index in [4.69, 9.17) is 35.7 Å². The van der Waals surface area contributed by atoms with Gasteiger partial charge in [0.05, 0.1) is 17.6 Å². The first-order chi connectivity index (χ1) is 27.8. The van der Waals surface area contributed by atoms with Gasteiger partial charge in [-0.15, -0.1) is 0 Å². The summed E-state index contributed by atoms with van der Waals surface area (Å²) >= 11 is 3.52. The quantitative estimate of drug-likeness (QED) is 0.0592. The zero-order valence-corrected chi connectivity index (χ0v) is 38.9. The first-order valence-electron chi connectivity index (χ1n) is 19.1. The molecule has 0 aliphatic carbocycles. The predicted molar refractivity (Wildman–Crippen MR) is 220 cm³/mol. The third-order valence-electron chi connectivity index (χ3n) is 11.1. The van der Waals surface area contributed by atoms with Crippen LogP contribution in [0.5, 0.6) is 11.8 Å². The Balaban J connectivity index is 1.26. The van der Waals surface area contributed by atoms with Crippen molar-refractivity contribution < 1.29 is 36.9 Å². The van der Waals surface area contributed by atoms with Crippen molar-refractivity contribution in [1.29, 1.82) is 0 Å². The minimum Gasteiger partial charge on any atom is -0.00896 e. The summed E-state index contributed by atoms with van der Waals surface area (Å²) in [7, 11) is 1.49. The van der Waals surface area contributed by atoms with Crippen LogP contribution in [-0.4, -0.2) is 130 Å². The van der Waals surface area contributed by atoms with Gasteiger partial charge in [-0.2, -0.15) is 0 Å². The van der Waals surface area contributed by atoms with Crippen molar-refractivity contribution in [3.63, 3.8) is 0 Å². The summed E-state index contributed by atoms with van der Waals surface area (Å²) in [6.07, 6.45) is 2.52.